The Hall–Kier alpha value is -2.16. The molecule has 0 saturated heterocycles. The molecule has 20 heavy (non-hydrogen) atoms. The summed E-state index contributed by atoms with van der Waals surface area (Å²) in [4.78, 5) is 0.152. The number of hydrogen-bond acceptors (Lipinski definition) is 3. The Kier molecular flexibility index (Phi) is 4.18. The van der Waals surface area contributed by atoms with Crippen LogP contribution in [0.25, 0.3) is 0 Å². The highest BCUT2D eigenvalue weighted by Gasteiger charge is 2.18. The van der Waals surface area contributed by atoms with Gasteiger partial charge in [-0.1, -0.05) is 30.3 Å². The standard InChI is InChI=1S/C15H14N2O2S/c1-12(14-5-3-2-4-6-14)17-20(18,19)15-9-7-13(11-16)8-10-15/h2-10,12,17H,1H3/t12-/m0/s1. The minimum Gasteiger partial charge on any atom is -0.207 e. The Morgan fingerprint density at radius 1 is 1.05 bits per heavy atom. The van der Waals surface area contributed by atoms with Gasteiger partial charge in [0.15, 0.2) is 0 Å². The van der Waals surface area contributed by atoms with E-state index in [4.69, 9.17) is 5.26 Å². The van der Waals surface area contributed by atoms with E-state index in [2.05, 4.69) is 4.72 Å². The summed E-state index contributed by atoms with van der Waals surface area (Å²) in [5.41, 5.74) is 1.32. The normalized spacial score (nSPS) is 12.6. The fourth-order valence-corrected chi connectivity index (χ4v) is 3.05. The first-order chi connectivity index (χ1) is 9.53. The van der Waals surface area contributed by atoms with Crippen LogP contribution in [0.4, 0.5) is 0 Å². The van der Waals surface area contributed by atoms with E-state index in [9.17, 15) is 8.42 Å². The van der Waals surface area contributed by atoms with E-state index in [1.54, 1.807) is 6.92 Å². The van der Waals surface area contributed by atoms with Crippen LogP contribution in [0.15, 0.2) is 59.5 Å². The molecule has 0 radical (unpaired) electrons. The molecule has 4 nitrogen and oxygen atoms in total. The maximum Gasteiger partial charge on any atom is 0.241 e. The van der Waals surface area contributed by atoms with Crippen molar-refractivity contribution in [1.29, 1.82) is 5.26 Å². The highest BCUT2D eigenvalue weighted by molar-refractivity contribution is 7.89. The van der Waals surface area contributed by atoms with Gasteiger partial charge < -0.3 is 0 Å². The molecule has 2 aromatic carbocycles. The van der Waals surface area contributed by atoms with Gasteiger partial charge in [0.1, 0.15) is 0 Å². The average Bonchev–Trinajstić information content (AvgIpc) is 2.48. The molecule has 0 aliphatic rings. The molecule has 0 amide bonds. The van der Waals surface area contributed by atoms with Gasteiger partial charge in [0.2, 0.25) is 10.0 Å². The molecule has 1 atom stereocenters. The Morgan fingerprint density at radius 2 is 1.65 bits per heavy atom. The van der Waals surface area contributed by atoms with Crippen molar-refractivity contribution >= 4 is 10.0 Å². The molecule has 0 heterocycles. The fourth-order valence-electron chi connectivity index (χ4n) is 1.82. The highest BCUT2D eigenvalue weighted by Crippen LogP contribution is 2.17. The predicted molar refractivity (Wildman–Crippen MR) is 76.3 cm³/mol. The van der Waals surface area contributed by atoms with E-state index in [0.29, 0.717) is 5.56 Å². The number of rotatable bonds is 4. The van der Waals surface area contributed by atoms with Crippen LogP contribution in [-0.2, 0) is 10.0 Å². The lowest BCUT2D eigenvalue weighted by Crippen LogP contribution is -2.26. The minimum atomic E-state index is -3.59. The summed E-state index contributed by atoms with van der Waals surface area (Å²) in [5.74, 6) is 0. The summed E-state index contributed by atoms with van der Waals surface area (Å²) in [5, 5.41) is 8.71. The number of sulfonamides is 1. The molecule has 0 aliphatic carbocycles. The zero-order valence-electron chi connectivity index (χ0n) is 10.9. The van der Waals surface area contributed by atoms with Gasteiger partial charge in [-0.15, -0.1) is 0 Å². The maximum atomic E-state index is 12.2. The molecule has 0 aliphatic heterocycles. The second-order valence-corrected chi connectivity index (χ2v) is 6.10. The summed E-state index contributed by atoms with van der Waals surface area (Å²) >= 11 is 0. The third kappa shape index (κ3) is 3.23. The molecule has 0 fully saturated rings. The van der Waals surface area contributed by atoms with Crippen LogP contribution in [0.2, 0.25) is 0 Å². The summed E-state index contributed by atoms with van der Waals surface area (Å²) in [6.45, 7) is 1.79. The summed E-state index contributed by atoms with van der Waals surface area (Å²) < 4.78 is 27.1. The monoisotopic (exact) mass is 286 g/mol. The smallest absolute Gasteiger partial charge is 0.207 e. The third-order valence-electron chi connectivity index (χ3n) is 2.93. The van der Waals surface area contributed by atoms with Gasteiger partial charge in [-0.25, -0.2) is 13.1 Å². The highest BCUT2D eigenvalue weighted by atomic mass is 32.2. The van der Waals surface area contributed by atoms with E-state index >= 15 is 0 Å². The van der Waals surface area contributed by atoms with Gasteiger partial charge in [-0.2, -0.15) is 5.26 Å². The molecule has 2 rings (SSSR count). The molecule has 2 aromatic rings. The number of benzene rings is 2. The van der Waals surface area contributed by atoms with Crippen LogP contribution in [0.3, 0.4) is 0 Å². The molecule has 0 bridgehead atoms. The molecule has 0 saturated carbocycles. The van der Waals surface area contributed by atoms with Crippen molar-refractivity contribution in [1.82, 2.24) is 4.72 Å². The van der Waals surface area contributed by atoms with Gasteiger partial charge in [0.25, 0.3) is 0 Å². The van der Waals surface area contributed by atoms with Gasteiger partial charge in [0, 0.05) is 6.04 Å². The van der Waals surface area contributed by atoms with Crippen molar-refractivity contribution in [2.75, 3.05) is 0 Å². The van der Waals surface area contributed by atoms with Crippen molar-refractivity contribution in [2.45, 2.75) is 17.9 Å². The lowest BCUT2D eigenvalue weighted by Gasteiger charge is -2.14. The molecule has 0 spiro atoms. The summed E-state index contributed by atoms with van der Waals surface area (Å²) in [6.07, 6.45) is 0. The van der Waals surface area contributed by atoms with E-state index in [-0.39, 0.29) is 10.9 Å². The molecule has 0 unspecified atom stereocenters. The van der Waals surface area contributed by atoms with Crippen molar-refractivity contribution < 1.29 is 8.42 Å². The minimum absolute atomic E-state index is 0.152. The molecular formula is C15H14N2O2S. The number of hydrogen-bond donors (Lipinski definition) is 1. The van der Waals surface area contributed by atoms with Gasteiger partial charge in [-0.05, 0) is 36.8 Å². The third-order valence-corrected chi connectivity index (χ3v) is 4.48. The second-order valence-electron chi connectivity index (χ2n) is 4.39. The number of nitrogens with zero attached hydrogens (tertiary/aromatic N) is 1. The zero-order chi connectivity index (χ0) is 14.6. The van der Waals surface area contributed by atoms with E-state index in [1.165, 1.54) is 24.3 Å². The lowest BCUT2D eigenvalue weighted by atomic mass is 10.1. The Labute approximate surface area is 118 Å². The lowest BCUT2D eigenvalue weighted by molar-refractivity contribution is 0.567. The van der Waals surface area contributed by atoms with Crippen LogP contribution < -0.4 is 4.72 Å². The molecule has 1 N–H and O–H groups in total. The predicted octanol–water partition coefficient (Wildman–Crippen LogP) is 2.60. The van der Waals surface area contributed by atoms with Crippen molar-refractivity contribution in [3.63, 3.8) is 0 Å². The van der Waals surface area contributed by atoms with Crippen LogP contribution in [0.5, 0.6) is 0 Å². The summed E-state index contributed by atoms with van der Waals surface area (Å²) in [7, 11) is -3.59. The molecule has 102 valence electrons. The number of nitrogens with one attached hydrogen (secondary N) is 1. The fraction of sp³-hybridized carbons (Fsp3) is 0.133. The Bertz CT molecular complexity index is 717. The largest absolute Gasteiger partial charge is 0.241 e. The van der Waals surface area contributed by atoms with Gasteiger partial charge >= 0.3 is 0 Å². The van der Waals surface area contributed by atoms with Crippen LogP contribution in [-0.4, -0.2) is 8.42 Å². The average molecular weight is 286 g/mol. The molecular weight excluding hydrogens is 272 g/mol. The summed E-state index contributed by atoms with van der Waals surface area (Å²) in [6, 6.07) is 16.8. The van der Waals surface area contributed by atoms with Crippen LogP contribution in [0, 0.1) is 11.3 Å². The quantitative estimate of drug-likeness (QED) is 0.939. The van der Waals surface area contributed by atoms with E-state index in [0.717, 1.165) is 5.56 Å². The maximum absolute atomic E-state index is 12.2. The molecule has 5 heteroatoms. The van der Waals surface area contributed by atoms with Crippen LogP contribution >= 0.6 is 0 Å². The van der Waals surface area contributed by atoms with Crippen molar-refractivity contribution in [3.8, 4) is 6.07 Å². The first kappa shape index (κ1) is 14.3. The topological polar surface area (TPSA) is 70.0 Å². The molecule has 0 aromatic heterocycles. The van der Waals surface area contributed by atoms with Gasteiger partial charge in [0.05, 0.1) is 16.5 Å². The van der Waals surface area contributed by atoms with Crippen LogP contribution in [0.1, 0.15) is 24.1 Å². The van der Waals surface area contributed by atoms with E-state index < -0.39 is 10.0 Å². The Morgan fingerprint density at radius 3 is 2.20 bits per heavy atom. The van der Waals surface area contributed by atoms with Gasteiger partial charge in [-0.3, -0.25) is 0 Å². The zero-order valence-corrected chi connectivity index (χ0v) is 11.8. The SMILES string of the molecule is C[C@H](NS(=O)(=O)c1ccc(C#N)cc1)c1ccccc1. The van der Waals surface area contributed by atoms with E-state index in [1.807, 2.05) is 36.4 Å². The first-order valence-corrected chi connectivity index (χ1v) is 7.59. The van der Waals surface area contributed by atoms with Crippen molar-refractivity contribution in [3.05, 3.63) is 65.7 Å². The Balaban J connectivity index is 2.21. The first-order valence-electron chi connectivity index (χ1n) is 6.10. The van der Waals surface area contributed by atoms with Crippen molar-refractivity contribution in [2.24, 2.45) is 0 Å². The number of nitriles is 1. The second kappa shape index (κ2) is 5.87.